The van der Waals surface area contributed by atoms with Crippen LogP contribution in [0.1, 0.15) is 53.4 Å². The Bertz CT molecular complexity index is 940. The molecule has 1 aliphatic rings. The first kappa shape index (κ1) is 29.3. The van der Waals surface area contributed by atoms with E-state index >= 15 is 0 Å². The number of Topliss-reactive ketones (excluding diaryl/α,β-unsaturated/α-hetero) is 1. The first-order valence-electron chi connectivity index (χ1n) is 11.0. The smallest absolute Gasteiger partial charge is 0.435 e. The lowest BCUT2D eigenvalue weighted by molar-refractivity contribution is -0.130. The van der Waals surface area contributed by atoms with E-state index in [9.17, 15) is 22.8 Å². The van der Waals surface area contributed by atoms with Gasteiger partial charge in [0.2, 0.25) is 10.0 Å². The fourth-order valence-electron chi connectivity index (χ4n) is 3.60. The molecule has 0 aromatic rings. The Labute approximate surface area is 202 Å². The maximum Gasteiger partial charge on any atom is 0.435 e. The van der Waals surface area contributed by atoms with Gasteiger partial charge >= 0.3 is 12.2 Å². The van der Waals surface area contributed by atoms with Gasteiger partial charge in [0.15, 0.2) is 0 Å². The lowest BCUT2D eigenvalue weighted by Crippen LogP contribution is -2.62. The second kappa shape index (κ2) is 12.7. The normalized spacial score (nSPS) is 20.1. The molecule has 1 aliphatic carbocycles. The van der Waals surface area contributed by atoms with Crippen LogP contribution in [0.5, 0.6) is 0 Å². The summed E-state index contributed by atoms with van der Waals surface area (Å²) < 4.78 is 36.6. The van der Waals surface area contributed by atoms with Gasteiger partial charge in [-0.2, -0.15) is 0 Å². The highest BCUT2D eigenvalue weighted by Crippen LogP contribution is 2.42. The van der Waals surface area contributed by atoms with Crippen LogP contribution in [-0.2, 0) is 24.3 Å². The van der Waals surface area contributed by atoms with Gasteiger partial charge in [0.1, 0.15) is 19.0 Å². The third-order valence-electron chi connectivity index (χ3n) is 5.60. The van der Waals surface area contributed by atoms with Crippen LogP contribution in [0.4, 0.5) is 9.59 Å². The minimum absolute atomic E-state index is 0.264. The quantitative estimate of drug-likeness (QED) is 0.305. The maximum atomic E-state index is 13.0. The van der Waals surface area contributed by atoms with Crippen molar-refractivity contribution >= 4 is 28.0 Å². The summed E-state index contributed by atoms with van der Waals surface area (Å²) >= 11 is 0. The number of carbonyl (C=O) groups excluding carboxylic acids is 3. The van der Waals surface area contributed by atoms with Gasteiger partial charge in [-0.1, -0.05) is 59.9 Å². The molecule has 0 aliphatic heterocycles. The second-order valence-electron chi connectivity index (χ2n) is 8.64. The number of hydrazine groups is 1. The van der Waals surface area contributed by atoms with E-state index in [0.717, 1.165) is 23.8 Å². The number of ether oxygens (including phenoxy) is 2. The second-order valence-corrected chi connectivity index (χ2v) is 10.5. The van der Waals surface area contributed by atoms with Crippen molar-refractivity contribution < 1.29 is 32.3 Å². The number of rotatable bonds is 11. The maximum absolute atomic E-state index is 13.0. The van der Waals surface area contributed by atoms with Gasteiger partial charge in [0.05, 0.1) is 12.3 Å². The van der Waals surface area contributed by atoms with Crippen LogP contribution in [0.3, 0.4) is 0 Å². The lowest BCUT2D eigenvalue weighted by atomic mass is 9.70. The van der Waals surface area contributed by atoms with Crippen molar-refractivity contribution in [2.75, 3.05) is 19.5 Å². The number of carbonyl (C=O) groups is 3. The van der Waals surface area contributed by atoms with E-state index in [4.69, 9.17) is 9.47 Å². The molecule has 2 amide bonds. The van der Waals surface area contributed by atoms with E-state index in [2.05, 4.69) is 19.2 Å². The van der Waals surface area contributed by atoms with Crippen molar-refractivity contribution in [2.45, 2.75) is 59.4 Å². The Kier molecular flexibility index (Phi) is 10.9. The largest absolute Gasteiger partial charge is 0.444 e. The molecule has 190 valence electrons. The number of amides is 2. The molecule has 0 saturated carbocycles. The van der Waals surface area contributed by atoms with Crippen LogP contribution >= 0.6 is 0 Å². The molecule has 10 heteroatoms. The van der Waals surface area contributed by atoms with Gasteiger partial charge in [-0.3, -0.25) is 4.79 Å². The summed E-state index contributed by atoms with van der Waals surface area (Å²) in [6, 6.07) is -1.15. The van der Waals surface area contributed by atoms with Crippen molar-refractivity contribution in [3.05, 3.63) is 48.6 Å². The van der Waals surface area contributed by atoms with Gasteiger partial charge in [-0.25, -0.2) is 18.0 Å². The highest BCUT2D eigenvalue weighted by atomic mass is 32.2. The van der Waals surface area contributed by atoms with Crippen molar-refractivity contribution in [3.63, 3.8) is 0 Å². The number of allylic oxidation sites excluding steroid dienone is 3. The average Bonchev–Trinajstić information content (AvgIpc) is 2.74. The SMILES string of the molecule is C=CCOC(=O)N(C(=O)OCC=C)N([C@H]1C=C(CCC=C(C)C)CC[C@@]1(C)C(C)=O)S(C)(=O)=O. The summed E-state index contributed by atoms with van der Waals surface area (Å²) in [6.07, 6.45) is 6.92. The van der Waals surface area contributed by atoms with Crippen LogP contribution < -0.4 is 0 Å². The predicted octanol–water partition coefficient (Wildman–Crippen LogP) is 4.54. The Balaban J connectivity index is 3.67. The first-order valence-corrected chi connectivity index (χ1v) is 12.8. The Morgan fingerprint density at radius 1 is 1.12 bits per heavy atom. The third kappa shape index (κ3) is 7.66. The molecule has 0 radical (unpaired) electrons. The van der Waals surface area contributed by atoms with Crippen molar-refractivity contribution in [2.24, 2.45) is 5.41 Å². The summed E-state index contributed by atoms with van der Waals surface area (Å²) in [7, 11) is -4.27. The molecule has 34 heavy (non-hydrogen) atoms. The third-order valence-corrected chi connectivity index (χ3v) is 6.67. The number of hydrogen-bond acceptors (Lipinski definition) is 7. The molecule has 0 unspecified atom stereocenters. The number of hydrogen-bond donors (Lipinski definition) is 0. The van der Waals surface area contributed by atoms with Crippen LogP contribution in [0.2, 0.25) is 0 Å². The molecule has 0 N–H and O–H groups in total. The Hall–Kier alpha value is -2.72. The average molecular weight is 497 g/mol. The molecular formula is C24H36N2O7S. The molecule has 1 rings (SSSR count). The van der Waals surface area contributed by atoms with Crippen molar-refractivity contribution in [1.82, 2.24) is 9.42 Å². The topological polar surface area (TPSA) is 110 Å². The monoisotopic (exact) mass is 496 g/mol. The number of nitrogens with zero attached hydrogens (tertiary/aromatic N) is 2. The first-order chi connectivity index (χ1) is 15.8. The highest BCUT2D eigenvalue weighted by molar-refractivity contribution is 7.88. The molecular weight excluding hydrogens is 460 g/mol. The van der Waals surface area contributed by atoms with Gasteiger partial charge in [-0.05, 0) is 46.5 Å². The van der Waals surface area contributed by atoms with Gasteiger partial charge in [0.25, 0.3) is 0 Å². The van der Waals surface area contributed by atoms with E-state index < -0.39 is 33.7 Å². The van der Waals surface area contributed by atoms with Crippen LogP contribution in [-0.4, -0.2) is 61.3 Å². The van der Waals surface area contributed by atoms with Gasteiger partial charge in [0, 0.05) is 5.41 Å². The zero-order chi connectivity index (χ0) is 26.1. The molecule has 0 aromatic carbocycles. The van der Waals surface area contributed by atoms with E-state index in [1.165, 1.54) is 19.1 Å². The van der Waals surface area contributed by atoms with E-state index in [1.54, 1.807) is 13.0 Å². The Morgan fingerprint density at radius 2 is 1.65 bits per heavy atom. The van der Waals surface area contributed by atoms with E-state index in [1.807, 2.05) is 13.8 Å². The van der Waals surface area contributed by atoms with Crippen molar-refractivity contribution in [1.29, 1.82) is 0 Å². The van der Waals surface area contributed by atoms with Crippen LogP contribution in [0.25, 0.3) is 0 Å². The predicted molar refractivity (Wildman–Crippen MR) is 130 cm³/mol. The standard InChI is InChI=1S/C24H36N2O7S/c1-8-15-32-22(28)25(23(29)33-16-9-2)26(34(7,30)31)21-17-20(12-10-11-18(3)4)13-14-24(21,6)19(5)27/h8-9,11,17,21H,1-2,10,12-16H2,3-7H3/t21-,24-/m0/s1. The molecule has 0 bridgehead atoms. The van der Waals surface area contributed by atoms with E-state index in [0.29, 0.717) is 28.7 Å². The number of imide groups is 1. The van der Waals surface area contributed by atoms with Crippen molar-refractivity contribution in [3.8, 4) is 0 Å². The molecule has 0 aromatic heterocycles. The minimum atomic E-state index is -4.27. The van der Waals surface area contributed by atoms with Crippen LogP contribution in [0, 0.1) is 5.41 Å². The summed E-state index contributed by atoms with van der Waals surface area (Å²) in [5.74, 6) is -0.274. The molecule has 2 atom stereocenters. The molecule has 0 fully saturated rings. The minimum Gasteiger partial charge on any atom is -0.444 e. The summed E-state index contributed by atoms with van der Waals surface area (Å²) in [6.45, 7) is 13.3. The zero-order valence-corrected chi connectivity index (χ0v) is 21.5. The summed E-state index contributed by atoms with van der Waals surface area (Å²) in [4.78, 5) is 38.5. The highest BCUT2D eigenvalue weighted by Gasteiger charge is 2.51. The molecule has 0 heterocycles. The number of ketones is 1. The number of sulfonamides is 1. The molecule has 0 spiro atoms. The van der Waals surface area contributed by atoms with E-state index in [-0.39, 0.29) is 19.0 Å². The summed E-state index contributed by atoms with van der Waals surface area (Å²) in [5, 5.41) is 0.295. The van der Waals surface area contributed by atoms with Crippen LogP contribution in [0.15, 0.2) is 48.6 Å². The molecule has 0 saturated heterocycles. The molecule has 9 nitrogen and oxygen atoms in total. The lowest BCUT2D eigenvalue weighted by Gasteiger charge is -2.45. The van der Waals surface area contributed by atoms with Gasteiger partial charge in [-0.15, -0.1) is 5.01 Å². The fourth-order valence-corrected chi connectivity index (χ4v) is 4.74. The van der Waals surface area contributed by atoms with Gasteiger partial charge < -0.3 is 9.47 Å². The zero-order valence-electron chi connectivity index (χ0n) is 20.7. The fraction of sp³-hybridized carbons (Fsp3) is 0.542. The summed E-state index contributed by atoms with van der Waals surface area (Å²) in [5.41, 5.74) is 0.882. The Morgan fingerprint density at radius 3 is 2.06 bits per heavy atom.